The minimum atomic E-state index is -0.215. The number of aromatic nitrogens is 3. The van der Waals surface area contributed by atoms with E-state index in [1.807, 2.05) is 31.5 Å². The quantitative estimate of drug-likeness (QED) is 0.820. The maximum absolute atomic E-state index is 11.4. The SMILES string of the molecule is CCNC(=O)c1ccc(Nn2cccc2)nn1. The Balaban J connectivity index is 2.05. The maximum atomic E-state index is 11.4. The van der Waals surface area contributed by atoms with Gasteiger partial charge in [0.15, 0.2) is 11.5 Å². The Morgan fingerprint density at radius 1 is 1.29 bits per heavy atom. The van der Waals surface area contributed by atoms with E-state index in [4.69, 9.17) is 0 Å². The standard InChI is InChI=1S/C11H13N5O/c1-2-12-11(17)9-5-6-10(14-13-9)15-16-7-3-4-8-16/h3-8H,2H2,1H3,(H,12,17)(H,14,15). The summed E-state index contributed by atoms with van der Waals surface area (Å²) in [4.78, 5) is 11.4. The number of nitrogens with one attached hydrogen (secondary N) is 2. The fourth-order valence-electron chi connectivity index (χ4n) is 1.31. The minimum absolute atomic E-state index is 0.215. The van der Waals surface area contributed by atoms with Gasteiger partial charge < -0.3 is 5.32 Å². The van der Waals surface area contributed by atoms with Crippen LogP contribution in [0.25, 0.3) is 0 Å². The topological polar surface area (TPSA) is 71.8 Å². The fourth-order valence-corrected chi connectivity index (χ4v) is 1.31. The van der Waals surface area contributed by atoms with Crippen LogP contribution in [0.4, 0.5) is 5.82 Å². The number of amides is 1. The van der Waals surface area contributed by atoms with E-state index < -0.39 is 0 Å². The average molecular weight is 231 g/mol. The Kier molecular flexibility index (Phi) is 3.34. The molecule has 0 aliphatic carbocycles. The number of nitrogens with zero attached hydrogens (tertiary/aromatic N) is 3. The molecule has 0 aliphatic rings. The highest BCUT2D eigenvalue weighted by Gasteiger charge is 2.06. The minimum Gasteiger partial charge on any atom is -0.351 e. The van der Waals surface area contributed by atoms with Crippen molar-refractivity contribution >= 4 is 11.7 Å². The van der Waals surface area contributed by atoms with Gasteiger partial charge in [-0.3, -0.25) is 14.9 Å². The summed E-state index contributed by atoms with van der Waals surface area (Å²) >= 11 is 0. The molecule has 2 aromatic heterocycles. The Morgan fingerprint density at radius 2 is 2.06 bits per heavy atom. The van der Waals surface area contributed by atoms with Crippen LogP contribution < -0.4 is 10.7 Å². The maximum Gasteiger partial charge on any atom is 0.271 e. The molecule has 2 aromatic rings. The van der Waals surface area contributed by atoms with Gasteiger partial charge in [0.1, 0.15) is 0 Å². The van der Waals surface area contributed by atoms with Gasteiger partial charge in [0, 0.05) is 18.9 Å². The van der Waals surface area contributed by atoms with Gasteiger partial charge in [-0.05, 0) is 31.2 Å². The summed E-state index contributed by atoms with van der Waals surface area (Å²) < 4.78 is 1.75. The predicted octanol–water partition coefficient (Wildman–Crippen LogP) is 0.903. The summed E-state index contributed by atoms with van der Waals surface area (Å²) in [5.41, 5.74) is 3.30. The molecule has 0 saturated heterocycles. The number of anilines is 1. The molecule has 6 heteroatoms. The van der Waals surface area contributed by atoms with Crippen LogP contribution >= 0.6 is 0 Å². The third-order valence-corrected chi connectivity index (χ3v) is 2.08. The summed E-state index contributed by atoms with van der Waals surface area (Å²) in [5.74, 6) is 0.363. The molecule has 0 unspecified atom stereocenters. The van der Waals surface area contributed by atoms with Crippen LogP contribution in [-0.4, -0.2) is 27.3 Å². The highest BCUT2D eigenvalue weighted by atomic mass is 16.1. The molecule has 17 heavy (non-hydrogen) atoms. The van der Waals surface area contributed by atoms with E-state index in [0.29, 0.717) is 18.1 Å². The van der Waals surface area contributed by atoms with Crippen molar-refractivity contribution in [1.82, 2.24) is 20.2 Å². The molecule has 0 radical (unpaired) electrons. The van der Waals surface area contributed by atoms with Crippen molar-refractivity contribution in [2.24, 2.45) is 0 Å². The number of rotatable bonds is 4. The highest BCUT2D eigenvalue weighted by molar-refractivity contribution is 5.92. The first-order valence-corrected chi connectivity index (χ1v) is 5.31. The van der Waals surface area contributed by atoms with Crippen LogP contribution in [0.3, 0.4) is 0 Å². The lowest BCUT2D eigenvalue weighted by Crippen LogP contribution is -2.24. The van der Waals surface area contributed by atoms with E-state index in [0.717, 1.165) is 0 Å². The molecule has 88 valence electrons. The van der Waals surface area contributed by atoms with Gasteiger partial charge >= 0.3 is 0 Å². The van der Waals surface area contributed by atoms with Crippen LogP contribution in [-0.2, 0) is 0 Å². The molecule has 2 N–H and O–H groups in total. The summed E-state index contributed by atoms with van der Waals surface area (Å²) in [6.45, 7) is 2.43. The third-order valence-electron chi connectivity index (χ3n) is 2.08. The summed E-state index contributed by atoms with van der Waals surface area (Å²) in [6.07, 6.45) is 3.69. The first kappa shape index (κ1) is 11.1. The zero-order chi connectivity index (χ0) is 12.1. The number of carbonyl (C=O) groups is 1. The van der Waals surface area contributed by atoms with Crippen LogP contribution in [0.15, 0.2) is 36.7 Å². The molecule has 1 amide bonds. The van der Waals surface area contributed by atoms with Crippen molar-refractivity contribution in [1.29, 1.82) is 0 Å². The summed E-state index contributed by atoms with van der Waals surface area (Å²) in [5, 5.41) is 10.4. The molecule has 2 rings (SSSR count). The average Bonchev–Trinajstić information content (AvgIpc) is 2.83. The zero-order valence-electron chi connectivity index (χ0n) is 9.42. The van der Waals surface area contributed by atoms with Gasteiger partial charge in [-0.25, -0.2) is 0 Å². The molecule has 0 spiro atoms. The molecule has 0 aliphatic heterocycles. The Bertz CT molecular complexity index is 477. The zero-order valence-corrected chi connectivity index (χ0v) is 9.42. The van der Waals surface area contributed by atoms with Gasteiger partial charge in [-0.15, -0.1) is 10.2 Å². The third kappa shape index (κ3) is 2.81. The lowest BCUT2D eigenvalue weighted by atomic mass is 10.3. The lowest BCUT2D eigenvalue weighted by Gasteiger charge is -2.06. The van der Waals surface area contributed by atoms with Crippen molar-refractivity contribution < 1.29 is 4.79 Å². The monoisotopic (exact) mass is 231 g/mol. The van der Waals surface area contributed by atoms with Crippen molar-refractivity contribution in [3.05, 3.63) is 42.4 Å². The predicted molar refractivity (Wildman–Crippen MR) is 63.5 cm³/mol. The van der Waals surface area contributed by atoms with Crippen LogP contribution in [0, 0.1) is 0 Å². The second-order valence-electron chi connectivity index (χ2n) is 3.37. The Labute approximate surface area is 98.6 Å². The summed E-state index contributed by atoms with van der Waals surface area (Å²) in [7, 11) is 0. The molecule has 0 fully saturated rings. The number of hydrogen-bond donors (Lipinski definition) is 2. The number of carbonyl (C=O) groups excluding carboxylic acids is 1. The summed E-state index contributed by atoms with van der Waals surface area (Å²) in [6, 6.07) is 7.12. The normalized spacial score (nSPS) is 9.94. The van der Waals surface area contributed by atoms with Crippen LogP contribution in [0.2, 0.25) is 0 Å². The first-order chi connectivity index (χ1) is 8.29. The number of hydrogen-bond acceptors (Lipinski definition) is 4. The van der Waals surface area contributed by atoms with Gasteiger partial charge in [0.2, 0.25) is 0 Å². The molecule has 0 saturated carbocycles. The smallest absolute Gasteiger partial charge is 0.271 e. The molecule has 0 aromatic carbocycles. The fraction of sp³-hybridized carbons (Fsp3) is 0.182. The lowest BCUT2D eigenvalue weighted by molar-refractivity contribution is 0.0950. The van der Waals surface area contributed by atoms with Crippen molar-refractivity contribution in [3.63, 3.8) is 0 Å². The van der Waals surface area contributed by atoms with Crippen molar-refractivity contribution in [3.8, 4) is 0 Å². The van der Waals surface area contributed by atoms with E-state index in [1.165, 1.54) is 0 Å². The van der Waals surface area contributed by atoms with Gasteiger partial charge in [0.25, 0.3) is 5.91 Å². The van der Waals surface area contributed by atoms with Gasteiger partial charge in [-0.2, -0.15) is 0 Å². The second-order valence-corrected chi connectivity index (χ2v) is 3.37. The van der Waals surface area contributed by atoms with E-state index >= 15 is 0 Å². The second kappa shape index (κ2) is 5.11. The molecular weight excluding hydrogens is 218 g/mol. The largest absolute Gasteiger partial charge is 0.351 e. The Morgan fingerprint density at radius 3 is 2.65 bits per heavy atom. The Hall–Kier alpha value is -2.37. The van der Waals surface area contributed by atoms with Crippen molar-refractivity contribution in [2.75, 3.05) is 12.0 Å². The molecule has 6 nitrogen and oxygen atoms in total. The molecular formula is C11H13N5O. The molecule has 2 heterocycles. The van der Waals surface area contributed by atoms with Crippen LogP contribution in [0.1, 0.15) is 17.4 Å². The van der Waals surface area contributed by atoms with Gasteiger partial charge in [0.05, 0.1) is 0 Å². The molecule has 0 bridgehead atoms. The van der Waals surface area contributed by atoms with Crippen molar-refractivity contribution in [2.45, 2.75) is 6.92 Å². The van der Waals surface area contributed by atoms with Gasteiger partial charge in [-0.1, -0.05) is 0 Å². The van der Waals surface area contributed by atoms with E-state index in [2.05, 4.69) is 20.9 Å². The first-order valence-electron chi connectivity index (χ1n) is 5.31. The molecule has 0 atom stereocenters. The van der Waals surface area contributed by atoms with E-state index in [1.54, 1.807) is 16.8 Å². The van der Waals surface area contributed by atoms with E-state index in [9.17, 15) is 4.79 Å². The highest BCUT2D eigenvalue weighted by Crippen LogP contribution is 2.02. The van der Waals surface area contributed by atoms with Crippen LogP contribution in [0.5, 0.6) is 0 Å². The van der Waals surface area contributed by atoms with E-state index in [-0.39, 0.29) is 5.91 Å².